The molecule has 0 spiro atoms. The highest BCUT2D eigenvalue weighted by Crippen LogP contribution is 2.34. The zero-order valence-corrected chi connectivity index (χ0v) is 24.5. The molecule has 4 atom stereocenters. The van der Waals surface area contributed by atoms with Crippen LogP contribution in [0.25, 0.3) is 0 Å². The fourth-order valence-electron chi connectivity index (χ4n) is 5.90. The molecule has 0 aliphatic carbocycles. The lowest BCUT2D eigenvalue weighted by molar-refractivity contribution is -0.138. The van der Waals surface area contributed by atoms with Crippen molar-refractivity contribution in [1.82, 2.24) is 9.80 Å². The van der Waals surface area contributed by atoms with Gasteiger partial charge in [-0.3, -0.25) is 0 Å². The van der Waals surface area contributed by atoms with Gasteiger partial charge in [0.2, 0.25) is 0 Å². The molecular formula is C35H32F6N2O3. The molecule has 1 aliphatic rings. The molecule has 4 aromatic rings. The highest BCUT2D eigenvalue weighted by Gasteiger charge is 2.46. The van der Waals surface area contributed by atoms with Crippen molar-refractivity contribution < 1.29 is 41.4 Å². The second-order valence-corrected chi connectivity index (χ2v) is 11.4. The largest absolute Gasteiger partial charge is 0.416 e. The van der Waals surface area contributed by atoms with E-state index < -0.39 is 53.8 Å². The number of halogens is 6. The van der Waals surface area contributed by atoms with Crippen LogP contribution in [0.5, 0.6) is 0 Å². The van der Waals surface area contributed by atoms with E-state index in [1.54, 1.807) is 60.7 Å². The molecule has 0 unspecified atom stereocenters. The summed E-state index contributed by atoms with van der Waals surface area (Å²) in [5.74, 6) is 0. The minimum absolute atomic E-state index is 0.0548. The first-order valence-electron chi connectivity index (χ1n) is 14.6. The van der Waals surface area contributed by atoms with Crippen molar-refractivity contribution in [2.24, 2.45) is 0 Å². The van der Waals surface area contributed by atoms with Crippen LogP contribution in [-0.4, -0.2) is 50.3 Å². The molecule has 46 heavy (non-hydrogen) atoms. The molecule has 1 aliphatic heterocycles. The van der Waals surface area contributed by atoms with E-state index >= 15 is 0 Å². The summed E-state index contributed by atoms with van der Waals surface area (Å²) in [6.45, 7) is -0.720. The summed E-state index contributed by atoms with van der Waals surface area (Å²) >= 11 is 0. The van der Waals surface area contributed by atoms with Gasteiger partial charge in [0.1, 0.15) is 12.2 Å². The van der Waals surface area contributed by atoms with Crippen molar-refractivity contribution in [2.45, 2.75) is 62.6 Å². The molecule has 1 saturated heterocycles. The minimum Gasteiger partial charge on any atom is -0.388 e. The Kier molecular flexibility index (Phi) is 9.74. The van der Waals surface area contributed by atoms with Crippen molar-refractivity contribution in [2.75, 3.05) is 0 Å². The highest BCUT2D eigenvalue weighted by atomic mass is 19.4. The zero-order valence-electron chi connectivity index (χ0n) is 24.5. The van der Waals surface area contributed by atoms with Gasteiger partial charge in [-0.05, 0) is 59.4 Å². The molecule has 2 amide bonds. The molecule has 0 saturated carbocycles. The van der Waals surface area contributed by atoms with E-state index in [4.69, 9.17) is 0 Å². The number of alkyl halides is 6. The molecule has 1 heterocycles. The van der Waals surface area contributed by atoms with Gasteiger partial charge < -0.3 is 20.0 Å². The number of aliphatic hydroxyl groups excluding tert-OH is 2. The SMILES string of the molecule is O=C1N(Cc2cccc(C(F)(F)F)c2)[C@H](Cc2ccccc2)[C@H](O)[C@@H](O)[C@@H](Cc2ccccc2)N1Cc1cccc(C(F)(F)F)c1. The predicted octanol–water partition coefficient (Wildman–Crippen LogP) is 7.11. The molecule has 5 nitrogen and oxygen atoms in total. The van der Waals surface area contributed by atoms with Crippen LogP contribution < -0.4 is 0 Å². The quantitative estimate of drug-likeness (QED) is 0.202. The number of nitrogens with zero attached hydrogens (tertiary/aromatic N) is 2. The summed E-state index contributed by atoms with van der Waals surface area (Å²) in [6, 6.07) is 23.6. The molecule has 4 aromatic carbocycles. The summed E-state index contributed by atoms with van der Waals surface area (Å²) in [7, 11) is 0. The number of amides is 2. The van der Waals surface area contributed by atoms with Gasteiger partial charge in [-0.25, -0.2) is 4.79 Å². The van der Waals surface area contributed by atoms with Gasteiger partial charge in [-0.15, -0.1) is 0 Å². The van der Waals surface area contributed by atoms with Crippen LogP contribution in [0.4, 0.5) is 31.1 Å². The van der Waals surface area contributed by atoms with Crippen molar-refractivity contribution in [3.8, 4) is 0 Å². The van der Waals surface area contributed by atoms with Crippen LogP contribution in [0.2, 0.25) is 0 Å². The molecule has 11 heteroatoms. The van der Waals surface area contributed by atoms with E-state index in [0.717, 1.165) is 24.3 Å². The molecular weight excluding hydrogens is 610 g/mol. The second kappa shape index (κ2) is 13.6. The van der Waals surface area contributed by atoms with Crippen molar-refractivity contribution >= 4 is 6.03 Å². The van der Waals surface area contributed by atoms with E-state index in [9.17, 15) is 41.4 Å². The molecule has 0 bridgehead atoms. The zero-order chi connectivity index (χ0) is 33.1. The third-order valence-corrected chi connectivity index (χ3v) is 8.22. The van der Waals surface area contributed by atoms with E-state index in [0.29, 0.717) is 11.1 Å². The van der Waals surface area contributed by atoms with Crippen molar-refractivity contribution in [1.29, 1.82) is 0 Å². The fourth-order valence-corrected chi connectivity index (χ4v) is 5.90. The lowest BCUT2D eigenvalue weighted by Crippen LogP contribution is -2.50. The van der Waals surface area contributed by atoms with E-state index in [-0.39, 0.29) is 37.1 Å². The maximum absolute atomic E-state index is 14.6. The number of carbonyl (C=O) groups excluding carboxylic acids is 1. The number of hydrogen-bond acceptors (Lipinski definition) is 3. The van der Waals surface area contributed by atoms with Crippen LogP contribution in [0.15, 0.2) is 109 Å². The Labute approximate surface area is 262 Å². The summed E-state index contributed by atoms with van der Waals surface area (Å²) in [6.07, 6.45) is -12.3. The number of benzene rings is 4. The maximum Gasteiger partial charge on any atom is 0.416 e. The van der Waals surface area contributed by atoms with Crippen LogP contribution in [0, 0.1) is 0 Å². The van der Waals surface area contributed by atoms with Gasteiger partial charge in [-0.2, -0.15) is 26.3 Å². The molecule has 5 rings (SSSR count). The van der Waals surface area contributed by atoms with E-state index in [1.165, 1.54) is 34.1 Å². The maximum atomic E-state index is 14.6. The molecule has 0 aromatic heterocycles. The van der Waals surface area contributed by atoms with Gasteiger partial charge in [0, 0.05) is 13.1 Å². The van der Waals surface area contributed by atoms with Gasteiger partial charge >= 0.3 is 18.4 Å². The van der Waals surface area contributed by atoms with Gasteiger partial charge in [-0.1, -0.05) is 84.9 Å². The first kappa shape index (κ1) is 33.0. The Hall–Kier alpha value is -4.35. The number of rotatable bonds is 8. The number of hydrogen-bond donors (Lipinski definition) is 2. The average Bonchev–Trinajstić information content (AvgIpc) is 3.09. The lowest BCUT2D eigenvalue weighted by Gasteiger charge is -2.36. The average molecular weight is 643 g/mol. The van der Waals surface area contributed by atoms with Crippen molar-refractivity contribution in [3.05, 3.63) is 143 Å². The third kappa shape index (κ3) is 7.71. The van der Waals surface area contributed by atoms with Crippen LogP contribution in [0.3, 0.4) is 0 Å². The van der Waals surface area contributed by atoms with Gasteiger partial charge in [0.25, 0.3) is 0 Å². The Morgan fingerprint density at radius 3 is 1.22 bits per heavy atom. The first-order valence-corrected chi connectivity index (χ1v) is 14.6. The highest BCUT2D eigenvalue weighted by molar-refractivity contribution is 5.76. The molecule has 1 fully saturated rings. The topological polar surface area (TPSA) is 64.0 Å². The Bertz CT molecular complexity index is 1500. The number of urea groups is 1. The lowest BCUT2D eigenvalue weighted by atomic mass is 9.90. The summed E-state index contributed by atoms with van der Waals surface area (Å²) < 4.78 is 81.6. The van der Waals surface area contributed by atoms with E-state index in [1.807, 2.05) is 0 Å². The molecule has 2 N–H and O–H groups in total. The molecule has 242 valence electrons. The Morgan fingerprint density at radius 2 is 0.870 bits per heavy atom. The standard InChI is InChI=1S/C35H32F6N2O3/c36-34(37,38)27-15-7-13-25(17-27)21-42-29(19-23-9-3-1-4-10-23)31(44)32(45)30(20-24-11-5-2-6-12-24)43(33(42)46)22-26-14-8-16-28(18-26)35(39,40)41/h1-18,29-32,44-45H,19-22H2/t29-,30-,31+,32+/m1/s1. The van der Waals surface area contributed by atoms with Crippen LogP contribution in [-0.2, 0) is 38.3 Å². The normalized spacial score (nSPS) is 20.9. The van der Waals surface area contributed by atoms with Gasteiger partial charge in [0.05, 0.1) is 23.2 Å². The summed E-state index contributed by atoms with van der Waals surface area (Å²) in [5, 5.41) is 23.4. The molecule has 0 radical (unpaired) electrons. The fraction of sp³-hybridized carbons (Fsp3) is 0.286. The van der Waals surface area contributed by atoms with Crippen LogP contribution >= 0.6 is 0 Å². The minimum atomic E-state index is -4.64. The smallest absolute Gasteiger partial charge is 0.388 e. The monoisotopic (exact) mass is 642 g/mol. The first-order chi connectivity index (χ1) is 21.8. The number of aliphatic hydroxyl groups is 2. The Balaban J connectivity index is 1.61. The van der Waals surface area contributed by atoms with Gasteiger partial charge in [0.15, 0.2) is 0 Å². The van der Waals surface area contributed by atoms with Crippen LogP contribution in [0.1, 0.15) is 33.4 Å². The Morgan fingerprint density at radius 1 is 0.522 bits per heavy atom. The number of carbonyl (C=O) groups is 1. The summed E-state index contributed by atoms with van der Waals surface area (Å²) in [5.41, 5.74) is -0.185. The van der Waals surface area contributed by atoms with E-state index in [2.05, 4.69) is 0 Å². The summed E-state index contributed by atoms with van der Waals surface area (Å²) in [4.78, 5) is 17.0. The second-order valence-electron chi connectivity index (χ2n) is 11.4. The third-order valence-electron chi connectivity index (χ3n) is 8.22. The predicted molar refractivity (Wildman–Crippen MR) is 159 cm³/mol. The van der Waals surface area contributed by atoms with Crippen molar-refractivity contribution in [3.63, 3.8) is 0 Å².